The predicted octanol–water partition coefficient (Wildman–Crippen LogP) is 9.36. The Morgan fingerprint density at radius 3 is 2.17 bits per heavy atom. The van der Waals surface area contributed by atoms with Crippen LogP contribution in [0.15, 0.2) is 115 Å². The molecule has 0 bridgehead atoms. The zero-order valence-corrected chi connectivity index (χ0v) is 35.7. The van der Waals surface area contributed by atoms with Gasteiger partial charge in [0.2, 0.25) is 0 Å². The summed E-state index contributed by atoms with van der Waals surface area (Å²) in [4.78, 5) is 57.4. The first-order chi connectivity index (χ1) is 30.1. The van der Waals surface area contributed by atoms with Gasteiger partial charge in [0.05, 0.1) is 23.6 Å². The molecule has 2 heterocycles. The molecule has 14 nitrogen and oxygen atoms in total. The summed E-state index contributed by atoms with van der Waals surface area (Å²) in [5, 5.41) is 23.0. The molecule has 0 radical (unpaired) electrons. The number of ether oxygens (including phenoxy) is 2. The van der Waals surface area contributed by atoms with Gasteiger partial charge in [-0.25, -0.2) is 23.5 Å². The van der Waals surface area contributed by atoms with Crippen LogP contribution in [0.25, 0.3) is 16.8 Å². The van der Waals surface area contributed by atoms with Crippen molar-refractivity contribution in [3.05, 3.63) is 149 Å². The van der Waals surface area contributed by atoms with Gasteiger partial charge in [0, 0.05) is 42.8 Å². The van der Waals surface area contributed by atoms with Gasteiger partial charge in [-0.05, 0) is 64.1 Å². The van der Waals surface area contributed by atoms with E-state index in [1.807, 2.05) is 69.3 Å². The molecule has 0 unspecified atom stereocenters. The number of carboxylic acids is 1. The molecule has 0 spiro atoms. The average Bonchev–Trinajstić information content (AvgIpc) is 3.82. The van der Waals surface area contributed by atoms with Gasteiger partial charge < -0.3 is 25.2 Å². The van der Waals surface area contributed by atoms with Crippen LogP contribution in [0.3, 0.4) is 0 Å². The number of nitrogens with one attached hydrogen (secondary N) is 3. The topological polar surface area (TPSA) is 177 Å². The van der Waals surface area contributed by atoms with Crippen LogP contribution in [-0.2, 0) is 21.5 Å². The third kappa shape index (κ3) is 9.67. The lowest BCUT2D eigenvalue weighted by molar-refractivity contribution is -0.144. The highest BCUT2D eigenvalue weighted by atomic mass is 19.1. The molecular formula is C48H48FN7O7. The molecule has 4 amide bonds. The molecule has 4 aromatic carbocycles. The number of halogens is 1. The molecule has 0 fully saturated rings. The second kappa shape index (κ2) is 18.2. The fourth-order valence-corrected chi connectivity index (χ4v) is 7.54. The molecule has 7 rings (SSSR count). The summed E-state index contributed by atoms with van der Waals surface area (Å²) in [6.45, 7) is 9.29. The first kappa shape index (κ1) is 43.5. The lowest BCUT2D eigenvalue weighted by Gasteiger charge is -2.31. The number of hydrogen-bond donors (Lipinski definition) is 4. The number of rotatable bonds is 13. The third-order valence-corrected chi connectivity index (χ3v) is 10.6. The molecule has 4 N–H and O–H groups in total. The smallest absolute Gasteiger partial charge is 0.410 e. The standard InChI is InChI=1S/C48H48FN7O7/c1-28(2)43(45(58)59)55(47(61)62-27-37-35-16-9-7-14-33(35)34-15-8-10-17-36(34)37)26-29-12-11-13-30(22-29)56-42(25-41(54-56)48(3,4)5)53-46(60)52-39-19-18-31(23-38(39)49)63-32-20-21-51-40(24-32)44(57)50-6/h7-25,28,37,43H,26-27H2,1-6H3,(H,50,57)(H,58,59)(H2,52,53,60)/t43-/m0/s1. The molecule has 324 valence electrons. The zero-order valence-electron chi connectivity index (χ0n) is 35.7. The Morgan fingerprint density at radius 1 is 0.857 bits per heavy atom. The maximum atomic E-state index is 15.3. The van der Waals surface area contributed by atoms with Gasteiger partial charge in [-0.1, -0.05) is 95.3 Å². The number of benzene rings is 4. The van der Waals surface area contributed by atoms with Crippen molar-refractivity contribution in [1.29, 1.82) is 0 Å². The number of aromatic nitrogens is 3. The van der Waals surface area contributed by atoms with Gasteiger partial charge in [0.15, 0.2) is 0 Å². The predicted molar refractivity (Wildman–Crippen MR) is 236 cm³/mol. The second-order valence-corrected chi connectivity index (χ2v) is 16.5. The lowest BCUT2D eigenvalue weighted by atomic mass is 9.92. The molecule has 1 aliphatic carbocycles. The van der Waals surface area contributed by atoms with Gasteiger partial charge >= 0.3 is 18.1 Å². The normalized spacial score (nSPS) is 12.5. The fraction of sp³-hybridized carbons (Fsp3) is 0.250. The number of nitrogens with zero attached hydrogens (tertiary/aromatic N) is 4. The second-order valence-electron chi connectivity index (χ2n) is 16.5. The Kier molecular flexibility index (Phi) is 12.6. The third-order valence-electron chi connectivity index (χ3n) is 10.6. The number of pyridine rings is 1. The molecular weight excluding hydrogens is 806 g/mol. The Balaban J connectivity index is 1.10. The number of carbonyl (C=O) groups is 4. The highest BCUT2D eigenvalue weighted by Crippen LogP contribution is 2.44. The van der Waals surface area contributed by atoms with Crippen molar-refractivity contribution >= 4 is 35.5 Å². The van der Waals surface area contributed by atoms with Gasteiger partial charge in [0.1, 0.15) is 41.5 Å². The number of carbonyl (C=O) groups excluding carboxylic acids is 3. The minimum atomic E-state index is -1.21. The van der Waals surface area contributed by atoms with Crippen LogP contribution in [0.4, 0.5) is 25.5 Å². The van der Waals surface area contributed by atoms with Gasteiger partial charge in [-0.15, -0.1) is 0 Å². The zero-order chi connectivity index (χ0) is 45.0. The quantitative estimate of drug-likeness (QED) is 0.0882. The first-order valence-corrected chi connectivity index (χ1v) is 20.4. The monoisotopic (exact) mass is 853 g/mol. The average molecular weight is 854 g/mol. The maximum absolute atomic E-state index is 15.3. The first-order valence-electron chi connectivity index (χ1n) is 20.4. The minimum Gasteiger partial charge on any atom is -0.480 e. The molecule has 15 heteroatoms. The number of hydrogen-bond acceptors (Lipinski definition) is 8. The van der Waals surface area contributed by atoms with Crippen LogP contribution in [0, 0.1) is 11.7 Å². The van der Waals surface area contributed by atoms with Crippen LogP contribution < -0.4 is 20.7 Å². The molecule has 1 atom stereocenters. The summed E-state index contributed by atoms with van der Waals surface area (Å²) in [6, 6.07) is 29.6. The number of urea groups is 1. The van der Waals surface area contributed by atoms with E-state index in [4.69, 9.17) is 14.6 Å². The van der Waals surface area contributed by atoms with Crippen molar-refractivity contribution in [3.8, 4) is 28.3 Å². The Hall–Kier alpha value is -7.55. The van der Waals surface area contributed by atoms with E-state index >= 15 is 4.39 Å². The highest BCUT2D eigenvalue weighted by Gasteiger charge is 2.36. The van der Waals surface area contributed by atoms with Crippen molar-refractivity contribution in [2.24, 2.45) is 5.92 Å². The van der Waals surface area contributed by atoms with Crippen LogP contribution in [0.5, 0.6) is 11.5 Å². The number of fused-ring (bicyclic) bond motifs is 3. The molecule has 0 saturated heterocycles. The van der Waals surface area contributed by atoms with E-state index < -0.39 is 47.2 Å². The van der Waals surface area contributed by atoms with Crippen molar-refractivity contribution < 1.29 is 38.1 Å². The van der Waals surface area contributed by atoms with E-state index in [2.05, 4.69) is 20.9 Å². The van der Waals surface area contributed by atoms with E-state index in [1.165, 1.54) is 47.1 Å². The Morgan fingerprint density at radius 2 is 1.54 bits per heavy atom. The largest absolute Gasteiger partial charge is 0.480 e. The Labute approximate surface area is 364 Å². The molecule has 6 aromatic rings. The summed E-state index contributed by atoms with van der Waals surface area (Å²) < 4.78 is 28.6. The summed E-state index contributed by atoms with van der Waals surface area (Å²) >= 11 is 0. The number of amides is 4. The molecule has 1 aliphatic rings. The minimum absolute atomic E-state index is 0.0162. The van der Waals surface area contributed by atoms with Crippen LogP contribution in [0.2, 0.25) is 0 Å². The summed E-state index contributed by atoms with van der Waals surface area (Å²) in [5.41, 5.74) is 5.48. The van der Waals surface area contributed by atoms with E-state index in [9.17, 15) is 24.3 Å². The van der Waals surface area contributed by atoms with Crippen LogP contribution in [-0.4, -0.2) is 68.5 Å². The fourth-order valence-electron chi connectivity index (χ4n) is 7.54. The van der Waals surface area contributed by atoms with E-state index in [-0.39, 0.29) is 47.8 Å². The van der Waals surface area contributed by atoms with Gasteiger partial charge in [-0.3, -0.25) is 20.0 Å². The summed E-state index contributed by atoms with van der Waals surface area (Å²) in [6.07, 6.45) is 0.627. The van der Waals surface area contributed by atoms with Crippen molar-refractivity contribution in [2.75, 3.05) is 24.3 Å². The van der Waals surface area contributed by atoms with E-state index in [1.54, 1.807) is 44.2 Å². The summed E-state index contributed by atoms with van der Waals surface area (Å²) in [7, 11) is 1.48. The van der Waals surface area contributed by atoms with Gasteiger partial charge in [0.25, 0.3) is 5.91 Å². The number of carboxylic acid groups (broad SMARTS) is 1. The van der Waals surface area contributed by atoms with Crippen molar-refractivity contribution in [1.82, 2.24) is 25.0 Å². The summed E-state index contributed by atoms with van der Waals surface area (Å²) in [5.74, 6) is -2.38. The van der Waals surface area contributed by atoms with Crippen LogP contribution >= 0.6 is 0 Å². The molecule has 0 saturated carbocycles. The number of anilines is 2. The van der Waals surface area contributed by atoms with Crippen molar-refractivity contribution in [3.63, 3.8) is 0 Å². The van der Waals surface area contributed by atoms with Gasteiger partial charge in [-0.2, -0.15) is 5.10 Å². The highest BCUT2D eigenvalue weighted by molar-refractivity contribution is 5.99. The molecule has 63 heavy (non-hydrogen) atoms. The maximum Gasteiger partial charge on any atom is 0.410 e. The number of aliphatic carboxylic acids is 1. The van der Waals surface area contributed by atoms with Crippen LogP contribution in [0.1, 0.15) is 73.4 Å². The lowest BCUT2D eigenvalue weighted by Crippen LogP contribution is -2.48. The SMILES string of the molecule is CNC(=O)c1cc(Oc2ccc(NC(=O)Nc3cc(C(C)(C)C)nn3-c3cccc(CN(C(=O)OCC4c5ccccc5-c5ccccc54)[C@H](C(=O)O)C(C)C)c3)c(F)c2)ccn1. The van der Waals surface area contributed by atoms with E-state index in [0.29, 0.717) is 16.9 Å². The Bertz CT molecular complexity index is 2650. The molecule has 0 aliphatic heterocycles. The van der Waals surface area contributed by atoms with E-state index in [0.717, 1.165) is 28.3 Å². The molecule has 2 aromatic heterocycles. The van der Waals surface area contributed by atoms with Crippen molar-refractivity contribution in [2.45, 2.75) is 58.5 Å².